The summed E-state index contributed by atoms with van der Waals surface area (Å²) in [4.78, 5) is 63.0. The summed E-state index contributed by atoms with van der Waals surface area (Å²) >= 11 is 0. The van der Waals surface area contributed by atoms with Crippen LogP contribution in [0.3, 0.4) is 0 Å². The summed E-state index contributed by atoms with van der Waals surface area (Å²) in [6.45, 7) is 0. The van der Waals surface area contributed by atoms with Crippen molar-refractivity contribution in [2.75, 3.05) is 0 Å². The summed E-state index contributed by atoms with van der Waals surface area (Å²) in [5.74, 6) is 0. The lowest BCUT2D eigenvalue weighted by Gasteiger charge is -2.07. The van der Waals surface area contributed by atoms with Crippen LogP contribution in [0.2, 0.25) is 0 Å². The van der Waals surface area contributed by atoms with E-state index in [9.17, 15) is 40.5 Å². The molecule has 0 saturated heterocycles. The van der Waals surface area contributed by atoms with E-state index in [2.05, 4.69) is 9.97 Å². The Kier molecular flexibility index (Phi) is 8.90. The molecule has 7 aromatic rings. The minimum Gasteiger partial charge on any atom is -0.354 e. The summed E-state index contributed by atoms with van der Waals surface area (Å²) in [6, 6.07) is 31.6. The van der Waals surface area contributed by atoms with Crippen LogP contribution in [0.5, 0.6) is 0 Å². The summed E-state index contributed by atoms with van der Waals surface area (Å²) in [7, 11) is 0. The van der Waals surface area contributed by atoms with Gasteiger partial charge in [0.05, 0.1) is 42.5 Å². The number of hydrogen-bond acceptors (Lipinski definition) is 10. The monoisotopic (exact) mass is 794 g/mol. The van der Waals surface area contributed by atoms with E-state index in [1.165, 1.54) is 48.5 Å². The maximum Gasteiger partial charge on any atom is 0.270 e. The second-order valence-corrected chi connectivity index (χ2v) is 13.7. The Morgan fingerprint density at radius 3 is 0.933 bits per heavy atom. The predicted octanol–water partition coefficient (Wildman–Crippen LogP) is 11.0. The molecule has 290 valence electrons. The molecule has 0 saturated carbocycles. The molecule has 0 atom stereocenters. The van der Waals surface area contributed by atoms with E-state index >= 15 is 0 Å². The second-order valence-electron chi connectivity index (χ2n) is 13.7. The van der Waals surface area contributed by atoms with Gasteiger partial charge in [-0.15, -0.1) is 0 Å². The molecule has 4 aromatic carbocycles. The highest BCUT2D eigenvalue weighted by atomic mass is 16.6. The standard InChI is InChI=1S/C44H26N8O8/c53-49(54)29-9-1-5-25(21-29)41-33-13-15-35(45-33)42(26-6-2-10-30(22-26)50(55)56)37-17-19-39(47-37)44(28-8-4-12-32(24-28)52(59)60)40-20-18-38(48-40)43(36-16-14-34(41)46-36)27-7-3-11-31(23-27)51(57)58/h1-24,45-46H. The molecule has 0 aliphatic carbocycles. The van der Waals surface area contributed by atoms with Crippen molar-refractivity contribution in [3.63, 3.8) is 0 Å². The minimum absolute atomic E-state index is 0.142. The van der Waals surface area contributed by atoms with Crippen molar-refractivity contribution in [1.29, 1.82) is 0 Å². The van der Waals surface area contributed by atoms with Gasteiger partial charge in [0.1, 0.15) is 0 Å². The quantitative estimate of drug-likeness (QED) is 0.109. The van der Waals surface area contributed by atoms with E-state index in [1.807, 2.05) is 0 Å². The lowest BCUT2D eigenvalue weighted by Crippen LogP contribution is -1.93. The van der Waals surface area contributed by atoms with Gasteiger partial charge >= 0.3 is 0 Å². The van der Waals surface area contributed by atoms with Crippen LogP contribution in [0.25, 0.3) is 90.9 Å². The minimum atomic E-state index is -0.500. The summed E-state index contributed by atoms with van der Waals surface area (Å²) in [6.07, 6.45) is 6.96. The third-order valence-corrected chi connectivity index (χ3v) is 10.1. The zero-order valence-electron chi connectivity index (χ0n) is 30.8. The zero-order valence-corrected chi connectivity index (χ0v) is 30.8. The Labute approximate surface area is 337 Å². The van der Waals surface area contributed by atoms with Crippen molar-refractivity contribution >= 4 is 69.1 Å². The van der Waals surface area contributed by atoms with Crippen LogP contribution < -0.4 is 0 Å². The van der Waals surface area contributed by atoms with Crippen LogP contribution in [0.15, 0.2) is 121 Å². The molecule has 0 amide bonds. The van der Waals surface area contributed by atoms with E-state index in [1.54, 1.807) is 97.1 Å². The molecule has 60 heavy (non-hydrogen) atoms. The van der Waals surface area contributed by atoms with Gasteiger partial charge in [-0.05, 0) is 70.8 Å². The fourth-order valence-electron chi connectivity index (χ4n) is 7.52. The highest BCUT2D eigenvalue weighted by Crippen LogP contribution is 2.40. The van der Waals surface area contributed by atoms with E-state index in [0.29, 0.717) is 89.4 Å². The van der Waals surface area contributed by atoms with Gasteiger partial charge in [0.15, 0.2) is 0 Å². The lowest BCUT2D eigenvalue weighted by atomic mass is 10.0. The van der Waals surface area contributed by atoms with Gasteiger partial charge in [0, 0.05) is 92.9 Å². The number of nitrogens with one attached hydrogen (secondary N) is 2. The van der Waals surface area contributed by atoms with E-state index in [0.717, 1.165) is 0 Å². The molecule has 2 aliphatic rings. The number of non-ortho nitro benzene ring substituents is 4. The Balaban J connectivity index is 1.48. The average Bonchev–Trinajstić information content (AvgIpc) is 4.09. The smallest absolute Gasteiger partial charge is 0.270 e. The molecule has 9 rings (SSSR count). The Bertz CT molecular complexity index is 3100. The summed E-state index contributed by atoms with van der Waals surface area (Å²) in [5.41, 5.74) is 6.85. The van der Waals surface area contributed by atoms with Gasteiger partial charge in [-0.2, -0.15) is 0 Å². The van der Waals surface area contributed by atoms with Gasteiger partial charge in [-0.3, -0.25) is 40.5 Å². The molecule has 2 N–H and O–H groups in total. The molecule has 5 heterocycles. The van der Waals surface area contributed by atoms with Crippen LogP contribution in [0, 0.1) is 40.5 Å². The molecular weight excluding hydrogens is 769 g/mol. The first-order valence-electron chi connectivity index (χ1n) is 18.2. The number of aromatic nitrogens is 4. The first kappa shape index (κ1) is 36.7. The third-order valence-electron chi connectivity index (χ3n) is 10.1. The molecule has 8 bridgehead atoms. The van der Waals surface area contributed by atoms with Crippen molar-refractivity contribution in [2.45, 2.75) is 0 Å². The van der Waals surface area contributed by atoms with Gasteiger partial charge in [0.2, 0.25) is 0 Å². The third kappa shape index (κ3) is 6.60. The molecular formula is C44H26N8O8. The van der Waals surface area contributed by atoms with Crippen molar-refractivity contribution in [2.24, 2.45) is 0 Å². The number of H-pyrrole nitrogens is 2. The zero-order chi connectivity index (χ0) is 41.7. The molecule has 0 spiro atoms. The number of hydrogen-bond donors (Lipinski definition) is 2. The summed E-state index contributed by atoms with van der Waals surface area (Å²) in [5, 5.41) is 47.9. The summed E-state index contributed by atoms with van der Waals surface area (Å²) < 4.78 is 0. The lowest BCUT2D eigenvalue weighted by molar-refractivity contribution is -0.385. The Morgan fingerprint density at radius 1 is 0.350 bits per heavy atom. The number of nitro groups is 4. The van der Waals surface area contributed by atoms with E-state index in [-0.39, 0.29) is 22.7 Å². The first-order valence-corrected chi connectivity index (χ1v) is 18.2. The highest BCUT2D eigenvalue weighted by Gasteiger charge is 2.22. The van der Waals surface area contributed by atoms with Crippen molar-refractivity contribution in [3.8, 4) is 44.5 Å². The van der Waals surface area contributed by atoms with Crippen molar-refractivity contribution in [1.82, 2.24) is 19.9 Å². The van der Waals surface area contributed by atoms with Gasteiger partial charge in [-0.25, -0.2) is 9.97 Å². The van der Waals surface area contributed by atoms with Gasteiger partial charge in [0.25, 0.3) is 22.7 Å². The predicted molar refractivity (Wildman–Crippen MR) is 227 cm³/mol. The fraction of sp³-hybridized carbons (Fsp3) is 0. The van der Waals surface area contributed by atoms with Crippen LogP contribution in [-0.2, 0) is 0 Å². The van der Waals surface area contributed by atoms with Crippen LogP contribution in [0.4, 0.5) is 22.7 Å². The SMILES string of the molecule is O=[N+]([O-])c1cccc(-c2c3nc(c(-c4cccc([N+](=O)[O-])c4)c4ccc([nH]4)c(-c4cccc([N+](=O)[O-])c4)c4ccc([nH]4)c(-c4cccc([N+](=O)[O-])c4)c4nc2C=C4)C=C3)c1. The topological polar surface area (TPSA) is 230 Å². The van der Waals surface area contributed by atoms with E-state index in [4.69, 9.17) is 9.97 Å². The highest BCUT2D eigenvalue weighted by molar-refractivity contribution is 6.00. The van der Waals surface area contributed by atoms with Gasteiger partial charge < -0.3 is 9.97 Å². The van der Waals surface area contributed by atoms with Crippen molar-refractivity contribution in [3.05, 3.63) is 185 Å². The maximum atomic E-state index is 12.0. The molecule has 3 aromatic heterocycles. The number of aromatic amines is 2. The molecule has 0 fully saturated rings. The van der Waals surface area contributed by atoms with Gasteiger partial charge in [-0.1, -0.05) is 48.5 Å². The largest absolute Gasteiger partial charge is 0.354 e. The second kappa shape index (κ2) is 14.5. The maximum absolute atomic E-state index is 12.0. The van der Waals surface area contributed by atoms with Crippen LogP contribution >= 0.6 is 0 Å². The Morgan fingerprint density at radius 2 is 0.617 bits per heavy atom. The fourth-order valence-corrected chi connectivity index (χ4v) is 7.52. The molecule has 16 heteroatoms. The van der Waals surface area contributed by atoms with Crippen LogP contribution in [0.1, 0.15) is 22.8 Å². The molecule has 16 nitrogen and oxygen atoms in total. The normalized spacial score (nSPS) is 11.7. The average molecular weight is 795 g/mol. The molecule has 2 aliphatic heterocycles. The number of benzene rings is 4. The number of rotatable bonds is 8. The molecule has 0 radical (unpaired) electrons. The Hall–Kier alpha value is -8.92. The number of nitrogens with zero attached hydrogens (tertiary/aromatic N) is 6. The van der Waals surface area contributed by atoms with Crippen molar-refractivity contribution < 1.29 is 19.7 Å². The van der Waals surface area contributed by atoms with Crippen LogP contribution in [-0.4, -0.2) is 39.6 Å². The molecule has 0 unspecified atom stereocenters. The van der Waals surface area contributed by atoms with E-state index < -0.39 is 19.7 Å². The number of nitro benzene ring substituents is 4. The first-order chi connectivity index (χ1) is 29.0. The number of fused-ring (bicyclic) bond motifs is 8.